The Balaban J connectivity index is 1.51. The molecule has 2 heterocycles. The third kappa shape index (κ3) is 7.23. The van der Waals surface area contributed by atoms with Gasteiger partial charge in [0.1, 0.15) is 0 Å². The number of carbonyl (C=O) groups excluding carboxylic acids is 1. The van der Waals surface area contributed by atoms with Crippen molar-refractivity contribution in [3.05, 3.63) is 83.4 Å². The standard InChI is InChI=1S/C30H33N3O3S/c1-3-4-5-6-7-13-20-36-25-18-17-23(21-26(25)35-2)22-27-29(34)33(24-14-9-8-10-15-24)30(37-27)32-28-16-11-12-19-31-28/h8-12,14-19,21-22H,3-7,13,20H2,1-2H3/b27-22-,32-30+. The number of unbranched alkanes of at least 4 members (excludes halogenated alkanes) is 5. The molecule has 7 heteroatoms. The number of thioether (sulfide) groups is 1. The van der Waals surface area contributed by atoms with Crippen LogP contribution >= 0.6 is 11.8 Å². The van der Waals surface area contributed by atoms with Gasteiger partial charge in [-0.15, -0.1) is 0 Å². The van der Waals surface area contributed by atoms with E-state index in [1.54, 1.807) is 18.2 Å². The van der Waals surface area contributed by atoms with Crippen LogP contribution in [0.3, 0.4) is 0 Å². The summed E-state index contributed by atoms with van der Waals surface area (Å²) in [7, 11) is 1.63. The molecule has 192 valence electrons. The number of aromatic nitrogens is 1. The van der Waals surface area contributed by atoms with Gasteiger partial charge in [0.15, 0.2) is 22.5 Å². The number of carbonyl (C=O) groups is 1. The molecule has 0 radical (unpaired) electrons. The first-order valence-corrected chi connectivity index (χ1v) is 13.6. The predicted octanol–water partition coefficient (Wildman–Crippen LogP) is 7.64. The van der Waals surface area contributed by atoms with E-state index in [1.165, 1.54) is 43.9 Å². The van der Waals surface area contributed by atoms with Gasteiger partial charge in [0, 0.05) is 6.20 Å². The summed E-state index contributed by atoms with van der Waals surface area (Å²) in [6, 6.07) is 20.8. The number of ether oxygens (including phenoxy) is 2. The third-order valence-electron chi connectivity index (χ3n) is 5.92. The summed E-state index contributed by atoms with van der Waals surface area (Å²) in [5.74, 6) is 1.78. The van der Waals surface area contributed by atoms with E-state index >= 15 is 0 Å². The molecule has 37 heavy (non-hydrogen) atoms. The number of pyridine rings is 1. The van der Waals surface area contributed by atoms with E-state index in [0.717, 1.165) is 17.7 Å². The number of hydrogen-bond acceptors (Lipinski definition) is 6. The van der Waals surface area contributed by atoms with Gasteiger partial charge in [-0.3, -0.25) is 9.69 Å². The van der Waals surface area contributed by atoms with Gasteiger partial charge < -0.3 is 9.47 Å². The van der Waals surface area contributed by atoms with E-state index in [-0.39, 0.29) is 5.91 Å². The normalized spacial score (nSPS) is 15.5. The number of amides is 1. The molecule has 1 amide bonds. The smallest absolute Gasteiger partial charge is 0.271 e. The first-order chi connectivity index (χ1) is 18.2. The number of para-hydroxylation sites is 1. The molecule has 3 aromatic rings. The molecule has 4 rings (SSSR count). The van der Waals surface area contributed by atoms with Crippen LogP contribution in [0.25, 0.3) is 6.08 Å². The number of methoxy groups -OCH3 is 1. The second-order valence-corrected chi connectivity index (χ2v) is 9.70. The van der Waals surface area contributed by atoms with Crippen LogP contribution in [0.15, 0.2) is 82.8 Å². The van der Waals surface area contributed by atoms with Gasteiger partial charge in [-0.25, -0.2) is 9.98 Å². The van der Waals surface area contributed by atoms with Crippen molar-refractivity contribution in [2.75, 3.05) is 18.6 Å². The minimum atomic E-state index is -0.131. The molecule has 0 bridgehead atoms. The van der Waals surface area contributed by atoms with E-state index in [1.807, 2.05) is 72.8 Å². The van der Waals surface area contributed by atoms with Crippen LogP contribution in [-0.2, 0) is 4.79 Å². The Morgan fingerprint density at radius 1 is 0.946 bits per heavy atom. The topological polar surface area (TPSA) is 64.0 Å². The Hall–Kier alpha value is -3.58. The van der Waals surface area contributed by atoms with Crippen molar-refractivity contribution in [3.63, 3.8) is 0 Å². The highest BCUT2D eigenvalue weighted by molar-refractivity contribution is 8.19. The van der Waals surface area contributed by atoms with Crippen LogP contribution in [0.2, 0.25) is 0 Å². The summed E-state index contributed by atoms with van der Waals surface area (Å²) in [6.45, 7) is 2.89. The summed E-state index contributed by atoms with van der Waals surface area (Å²) in [5.41, 5.74) is 1.61. The molecule has 1 saturated heterocycles. The van der Waals surface area contributed by atoms with Gasteiger partial charge in [-0.2, -0.15) is 0 Å². The third-order valence-corrected chi connectivity index (χ3v) is 6.89. The van der Waals surface area contributed by atoms with E-state index in [9.17, 15) is 4.79 Å². The van der Waals surface area contributed by atoms with E-state index in [2.05, 4.69) is 16.9 Å². The Bertz CT molecular complexity index is 1230. The van der Waals surface area contributed by atoms with Gasteiger partial charge >= 0.3 is 0 Å². The molecule has 0 atom stereocenters. The lowest BCUT2D eigenvalue weighted by molar-refractivity contribution is -0.113. The van der Waals surface area contributed by atoms with Crippen molar-refractivity contribution in [1.29, 1.82) is 0 Å². The summed E-state index contributed by atoms with van der Waals surface area (Å²) >= 11 is 1.33. The zero-order chi connectivity index (χ0) is 25.9. The maximum Gasteiger partial charge on any atom is 0.271 e. The molecule has 0 unspecified atom stereocenters. The highest BCUT2D eigenvalue weighted by Gasteiger charge is 2.34. The van der Waals surface area contributed by atoms with Crippen molar-refractivity contribution in [1.82, 2.24) is 4.98 Å². The van der Waals surface area contributed by atoms with Gasteiger partial charge in [0.05, 0.1) is 24.3 Å². The molecule has 0 saturated carbocycles. The Morgan fingerprint density at radius 2 is 1.73 bits per heavy atom. The first-order valence-electron chi connectivity index (χ1n) is 12.8. The SMILES string of the molecule is CCCCCCCCOc1ccc(/C=C2\S/C(=N/c3ccccn3)N(c3ccccc3)C2=O)cc1OC. The van der Waals surface area contributed by atoms with Crippen LogP contribution in [0, 0.1) is 0 Å². The number of nitrogens with zero attached hydrogens (tertiary/aromatic N) is 3. The maximum absolute atomic E-state index is 13.5. The Kier molecular flexibility index (Phi) is 9.77. The van der Waals surface area contributed by atoms with E-state index in [0.29, 0.717) is 34.0 Å². The van der Waals surface area contributed by atoms with Crippen molar-refractivity contribution < 1.29 is 14.3 Å². The van der Waals surface area contributed by atoms with Crippen molar-refractivity contribution in [2.24, 2.45) is 4.99 Å². The molecule has 0 N–H and O–H groups in total. The van der Waals surface area contributed by atoms with Crippen LogP contribution in [0.1, 0.15) is 51.0 Å². The minimum Gasteiger partial charge on any atom is -0.493 e. The van der Waals surface area contributed by atoms with Crippen molar-refractivity contribution in [2.45, 2.75) is 45.4 Å². The lowest BCUT2D eigenvalue weighted by Gasteiger charge is -2.15. The second-order valence-electron chi connectivity index (χ2n) is 8.70. The largest absolute Gasteiger partial charge is 0.493 e. The fourth-order valence-electron chi connectivity index (χ4n) is 3.98. The summed E-state index contributed by atoms with van der Waals surface area (Å²) in [6.07, 6.45) is 10.8. The number of rotatable bonds is 12. The predicted molar refractivity (Wildman–Crippen MR) is 153 cm³/mol. The van der Waals surface area contributed by atoms with Crippen molar-refractivity contribution >= 4 is 40.4 Å². The Labute approximate surface area is 223 Å². The van der Waals surface area contributed by atoms with Gasteiger partial charge in [-0.1, -0.05) is 69.4 Å². The zero-order valence-corrected chi connectivity index (χ0v) is 22.2. The lowest BCUT2D eigenvalue weighted by Crippen LogP contribution is -2.28. The van der Waals surface area contributed by atoms with Gasteiger partial charge in [0.25, 0.3) is 5.91 Å². The summed E-state index contributed by atoms with van der Waals surface area (Å²) in [5, 5.41) is 0.562. The molecule has 2 aromatic carbocycles. The number of anilines is 1. The van der Waals surface area contributed by atoms with E-state index < -0.39 is 0 Å². The van der Waals surface area contributed by atoms with Crippen LogP contribution in [0.4, 0.5) is 11.5 Å². The van der Waals surface area contributed by atoms with Crippen LogP contribution in [0.5, 0.6) is 11.5 Å². The monoisotopic (exact) mass is 515 g/mol. The van der Waals surface area contributed by atoms with Gasteiger partial charge in [0.2, 0.25) is 0 Å². The number of hydrogen-bond donors (Lipinski definition) is 0. The fourth-order valence-corrected chi connectivity index (χ4v) is 4.97. The zero-order valence-electron chi connectivity index (χ0n) is 21.4. The molecule has 1 fully saturated rings. The Morgan fingerprint density at radius 3 is 2.49 bits per heavy atom. The average molecular weight is 516 g/mol. The molecule has 6 nitrogen and oxygen atoms in total. The summed E-state index contributed by atoms with van der Waals surface area (Å²) < 4.78 is 11.6. The second kappa shape index (κ2) is 13.7. The highest BCUT2D eigenvalue weighted by Crippen LogP contribution is 2.38. The maximum atomic E-state index is 13.5. The molecule has 0 aliphatic carbocycles. The molecule has 1 aliphatic heterocycles. The number of benzene rings is 2. The van der Waals surface area contributed by atoms with Crippen LogP contribution < -0.4 is 14.4 Å². The quantitative estimate of drug-likeness (QED) is 0.183. The number of amidine groups is 1. The molecule has 1 aliphatic rings. The molecular formula is C30H33N3O3S. The first kappa shape index (κ1) is 26.5. The molecule has 1 aromatic heterocycles. The van der Waals surface area contributed by atoms with Gasteiger partial charge in [-0.05, 0) is 66.2 Å². The van der Waals surface area contributed by atoms with E-state index in [4.69, 9.17) is 9.47 Å². The molecular weight excluding hydrogens is 482 g/mol. The van der Waals surface area contributed by atoms with Crippen LogP contribution in [-0.4, -0.2) is 29.8 Å². The minimum absolute atomic E-state index is 0.131. The highest BCUT2D eigenvalue weighted by atomic mass is 32.2. The summed E-state index contributed by atoms with van der Waals surface area (Å²) in [4.78, 5) is 24.6. The lowest BCUT2D eigenvalue weighted by atomic mass is 10.1. The average Bonchev–Trinajstić information content (AvgIpc) is 3.23. The van der Waals surface area contributed by atoms with Crippen molar-refractivity contribution in [3.8, 4) is 11.5 Å². The fraction of sp³-hybridized carbons (Fsp3) is 0.300. The number of aliphatic imine (C=N–C) groups is 1. The molecule has 0 spiro atoms.